The van der Waals surface area contributed by atoms with Crippen molar-refractivity contribution in [3.8, 4) is 5.75 Å². The molecule has 4 aromatic rings. The first-order valence-electron chi connectivity index (χ1n) is 13.2. The van der Waals surface area contributed by atoms with Gasteiger partial charge in [-0.15, -0.1) is 5.10 Å². The summed E-state index contributed by atoms with van der Waals surface area (Å²) in [7, 11) is 1.67. The zero-order valence-electron chi connectivity index (χ0n) is 22.2. The van der Waals surface area contributed by atoms with Crippen LogP contribution in [0.25, 0.3) is 10.9 Å². The Balaban J connectivity index is 1.54. The third-order valence-corrected chi connectivity index (χ3v) is 7.60. The lowest BCUT2D eigenvalue weighted by molar-refractivity contribution is 0.158. The van der Waals surface area contributed by atoms with Gasteiger partial charge in [-0.3, -0.25) is 9.69 Å². The number of ether oxygens (including phenoxy) is 1. The van der Waals surface area contributed by atoms with Crippen LogP contribution in [0.1, 0.15) is 79.2 Å². The summed E-state index contributed by atoms with van der Waals surface area (Å²) in [6.45, 7) is 7.43. The molecule has 1 N–H and O–H groups in total. The molecule has 1 saturated carbocycles. The summed E-state index contributed by atoms with van der Waals surface area (Å²) in [5, 5.41) is 14.1. The molecule has 1 fully saturated rings. The van der Waals surface area contributed by atoms with Crippen molar-refractivity contribution in [3.05, 3.63) is 80.9 Å². The van der Waals surface area contributed by atoms with Crippen molar-refractivity contribution in [3.63, 3.8) is 0 Å². The fourth-order valence-electron chi connectivity index (χ4n) is 5.74. The molecule has 0 bridgehead atoms. The Morgan fingerprint density at radius 2 is 1.86 bits per heavy atom. The summed E-state index contributed by atoms with van der Waals surface area (Å²) >= 11 is 0. The van der Waals surface area contributed by atoms with Gasteiger partial charge in [0.1, 0.15) is 5.75 Å². The molecule has 0 saturated heterocycles. The maximum Gasteiger partial charge on any atom is 0.252 e. The SMILES string of the molecule is CC[C@H](c1nnnn1C1CCCC1)N(Cc1ccc(OC)cc1)Cc1cc2cc(C)cc(C)c2[nH]c1=O. The van der Waals surface area contributed by atoms with E-state index in [2.05, 4.69) is 63.5 Å². The summed E-state index contributed by atoms with van der Waals surface area (Å²) in [6.07, 6.45) is 5.46. The Labute approximate surface area is 217 Å². The van der Waals surface area contributed by atoms with Crippen LogP contribution in [0.5, 0.6) is 5.75 Å². The van der Waals surface area contributed by atoms with Crippen LogP contribution in [0.4, 0.5) is 0 Å². The second-order valence-electron chi connectivity index (χ2n) is 10.3. The van der Waals surface area contributed by atoms with Gasteiger partial charge in [-0.1, -0.05) is 43.5 Å². The van der Waals surface area contributed by atoms with Gasteiger partial charge < -0.3 is 9.72 Å². The van der Waals surface area contributed by atoms with Crippen molar-refractivity contribution in [1.82, 2.24) is 30.1 Å². The van der Waals surface area contributed by atoms with E-state index in [-0.39, 0.29) is 11.6 Å². The Hall–Kier alpha value is -3.52. The maximum absolute atomic E-state index is 13.3. The second-order valence-corrected chi connectivity index (χ2v) is 10.3. The van der Waals surface area contributed by atoms with Crippen molar-refractivity contribution < 1.29 is 4.74 Å². The molecule has 1 aliphatic rings. The number of fused-ring (bicyclic) bond motifs is 1. The number of pyridine rings is 1. The van der Waals surface area contributed by atoms with Gasteiger partial charge in [0, 0.05) is 18.7 Å². The molecule has 8 nitrogen and oxygen atoms in total. The predicted octanol–water partition coefficient (Wildman–Crippen LogP) is 5.41. The van der Waals surface area contributed by atoms with E-state index >= 15 is 0 Å². The van der Waals surface area contributed by atoms with Crippen LogP contribution in [-0.4, -0.2) is 37.2 Å². The second kappa shape index (κ2) is 10.8. The highest BCUT2D eigenvalue weighted by Crippen LogP contribution is 2.33. The van der Waals surface area contributed by atoms with Crippen LogP contribution >= 0.6 is 0 Å². The molecule has 1 aliphatic carbocycles. The molecule has 0 aliphatic heterocycles. The third kappa shape index (κ3) is 5.30. The third-order valence-electron chi connectivity index (χ3n) is 7.60. The molecule has 0 spiro atoms. The van der Waals surface area contributed by atoms with Crippen LogP contribution in [0.3, 0.4) is 0 Å². The molecule has 2 aromatic carbocycles. The largest absolute Gasteiger partial charge is 0.497 e. The van der Waals surface area contributed by atoms with E-state index in [1.54, 1.807) is 7.11 Å². The van der Waals surface area contributed by atoms with Gasteiger partial charge in [-0.2, -0.15) is 0 Å². The molecule has 0 amide bonds. The van der Waals surface area contributed by atoms with Crippen molar-refractivity contribution in [2.75, 3.05) is 7.11 Å². The Morgan fingerprint density at radius 1 is 1.11 bits per heavy atom. The number of hydrogen-bond donors (Lipinski definition) is 1. The minimum atomic E-state index is -0.0515. The molecule has 2 aromatic heterocycles. The maximum atomic E-state index is 13.3. The van der Waals surface area contributed by atoms with Crippen LogP contribution in [0.15, 0.2) is 47.3 Å². The first-order chi connectivity index (χ1) is 18.0. The number of nitrogens with zero attached hydrogens (tertiary/aromatic N) is 5. The van der Waals surface area contributed by atoms with E-state index < -0.39 is 0 Å². The monoisotopic (exact) mass is 500 g/mol. The molecular weight excluding hydrogens is 464 g/mol. The fourth-order valence-corrected chi connectivity index (χ4v) is 5.74. The number of aromatic amines is 1. The zero-order valence-corrected chi connectivity index (χ0v) is 22.2. The zero-order chi connectivity index (χ0) is 25.9. The van der Waals surface area contributed by atoms with E-state index in [1.165, 1.54) is 18.4 Å². The number of H-pyrrole nitrogens is 1. The van der Waals surface area contributed by atoms with Crippen molar-refractivity contribution in [1.29, 1.82) is 0 Å². The molecule has 1 atom stereocenters. The van der Waals surface area contributed by atoms with E-state index in [0.29, 0.717) is 19.1 Å². The lowest BCUT2D eigenvalue weighted by Gasteiger charge is -2.31. The fraction of sp³-hybridized carbons (Fsp3) is 0.448. The summed E-state index contributed by atoms with van der Waals surface area (Å²) < 4.78 is 7.40. The van der Waals surface area contributed by atoms with Crippen LogP contribution in [0, 0.1) is 13.8 Å². The molecule has 194 valence electrons. The predicted molar refractivity (Wildman–Crippen MR) is 145 cm³/mol. The topological polar surface area (TPSA) is 88.9 Å². The number of nitrogens with one attached hydrogen (secondary N) is 1. The van der Waals surface area contributed by atoms with E-state index in [0.717, 1.165) is 58.4 Å². The van der Waals surface area contributed by atoms with Gasteiger partial charge in [0.25, 0.3) is 5.56 Å². The average Bonchev–Trinajstić information content (AvgIpc) is 3.58. The minimum absolute atomic E-state index is 0.0351. The first kappa shape index (κ1) is 25.1. The summed E-state index contributed by atoms with van der Waals surface area (Å²) in [5.41, 5.74) is 4.99. The van der Waals surface area contributed by atoms with Gasteiger partial charge in [0.2, 0.25) is 0 Å². The number of aromatic nitrogens is 5. The highest BCUT2D eigenvalue weighted by molar-refractivity contribution is 5.82. The van der Waals surface area contributed by atoms with Crippen molar-refractivity contribution in [2.45, 2.75) is 78.0 Å². The van der Waals surface area contributed by atoms with Gasteiger partial charge >= 0.3 is 0 Å². The van der Waals surface area contributed by atoms with E-state index in [1.807, 2.05) is 29.8 Å². The highest BCUT2D eigenvalue weighted by Gasteiger charge is 2.29. The van der Waals surface area contributed by atoms with E-state index in [9.17, 15) is 4.79 Å². The van der Waals surface area contributed by atoms with Crippen molar-refractivity contribution in [2.24, 2.45) is 0 Å². The average molecular weight is 501 g/mol. The molecule has 0 radical (unpaired) electrons. The normalized spacial score (nSPS) is 15.1. The molecule has 0 unspecified atom stereocenters. The minimum Gasteiger partial charge on any atom is -0.497 e. The summed E-state index contributed by atoms with van der Waals surface area (Å²) in [5.74, 6) is 1.70. The van der Waals surface area contributed by atoms with Crippen LogP contribution in [0.2, 0.25) is 0 Å². The molecular formula is C29H36N6O2. The number of aryl methyl sites for hydroxylation is 2. The lowest BCUT2D eigenvalue weighted by atomic mass is 10.0. The Bertz CT molecular complexity index is 1420. The standard InChI is InChI=1S/C29H36N6O2/c1-5-26(28-31-32-33-35(28)24-8-6-7-9-24)34(17-21-10-12-25(37-4)13-11-21)18-23-16-22-15-19(2)14-20(3)27(22)30-29(23)36/h10-16,24,26H,5-9,17-18H2,1-4H3,(H,30,36)/t26-/m1/s1. The molecule has 2 heterocycles. The Kier molecular flexibility index (Phi) is 7.37. The lowest BCUT2D eigenvalue weighted by Crippen LogP contribution is -2.32. The number of rotatable bonds is 9. The smallest absolute Gasteiger partial charge is 0.252 e. The van der Waals surface area contributed by atoms with Crippen LogP contribution in [-0.2, 0) is 13.1 Å². The van der Waals surface area contributed by atoms with E-state index in [4.69, 9.17) is 4.74 Å². The van der Waals surface area contributed by atoms with Gasteiger partial charge in [-0.05, 0) is 84.3 Å². The van der Waals surface area contributed by atoms with Gasteiger partial charge in [0.05, 0.1) is 24.7 Å². The van der Waals surface area contributed by atoms with Crippen LogP contribution < -0.4 is 10.3 Å². The summed E-state index contributed by atoms with van der Waals surface area (Å²) in [4.78, 5) is 18.7. The quantitative estimate of drug-likeness (QED) is 0.331. The Morgan fingerprint density at radius 3 is 2.57 bits per heavy atom. The first-order valence-corrected chi connectivity index (χ1v) is 13.2. The number of methoxy groups -OCH3 is 1. The van der Waals surface area contributed by atoms with Gasteiger partial charge in [0.15, 0.2) is 5.82 Å². The number of tetrazole rings is 1. The van der Waals surface area contributed by atoms with Crippen molar-refractivity contribution >= 4 is 10.9 Å². The molecule has 8 heteroatoms. The summed E-state index contributed by atoms with van der Waals surface area (Å²) in [6, 6.07) is 14.7. The number of hydrogen-bond acceptors (Lipinski definition) is 6. The highest BCUT2D eigenvalue weighted by atomic mass is 16.5. The number of benzene rings is 2. The van der Waals surface area contributed by atoms with Gasteiger partial charge in [-0.25, -0.2) is 4.68 Å². The molecule has 5 rings (SSSR count). The molecule has 37 heavy (non-hydrogen) atoms.